The van der Waals surface area contributed by atoms with Gasteiger partial charge in [0, 0.05) is 64.4 Å². The Hall–Kier alpha value is -11.3. The average Bonchev–Trinajstić information content (AvgIpc) is 1.60. The van der Waals surface area contributed by atoms with E-state index < -0.39 is 46.2 Å². The molecular weight excluding hydrogens is 1760 g/mol. The number of nitriles is 1. The number of fused-ring (bicyclic) bond motifs is 3. The zero-order chi connectivity index (χ0) is 96.2. The molecule has 2 aliphatic heterocycles. The summed E-state index contributed by atoms with van der Waals surface area (Å²) >= 11 is 5.12. The molecule has 5 atom stereocenters. The molecule has 0 saturated carbocycles. The second kappa shape index (κ2) is 52.5. The van der Waals surface area contributed by atoms with E-state index in [0.29, 0.717) is 67.4 Å². The summed E-state index contributed by atoms with van der Waals surface area (Å²) in [5.41, 5.74) is 14.8. The number of primary amides is 1. The number of aromatic nitrogens is 7. The minimum absolute atomic E-state index is 0.000698. The quantitative estimate of drug-likeness (QED) is 0.0181. The molecule has 134 heavy (non-hydrogen) atoms. The van der Waals surface area contributed by atoms with Gasteiger partial charge in [-0.1, -0.05) is 272 Å². The molecule has 4 aromatic heterocycles. The van der Waals surface area contributed by atoms with Crippen LogP contribution < -0.4 is 30.3 Å². The minimum atomic E-state index is -1.22. The lowest BCUT2D eigenvalue weighted by Gasteiger charge is -2.30. The number of imide groups is 1. The number of unbranched alkanes of at least 4 members (excludes halogenated alkanes) is 18. The van der Waals surface area contributed by atoms with Crippen LogP contribution in [0.1, 0.15) is 307 Å². The van der Waals surface area contributed by atoms with Crippen molar-refractivity contribution in [2.45, 2.75) is 292 Å². The first-order valence-corrected chi connectivity index (χ1v) is 50.6. The lowest BCUT2D eigenvalue weighted by atomic mass is 9.76. The number of nitrogens with zero attached hydrogens (tertiary/aromatic N) is 10. The highest BCUT2D eigenvalue weighted by Gasteiger charge is 2.54. The number of tetrazole rings is 1. The largest absolute Gasteiger partial charge is 0.493 e. The smallest absolute Gasteiger partial charge is 0.419 e. The standard InChI is InChI=1S/C35H43N3O3S2.C26H34N2O4.C25H37N3O3S2.C19H19N5O2/c1-7-34(3,4)24-16-19-28(27(22-24)35(5,6)8-2)41-21-11-20-37-33(40)23-14-17-25(18-15-23)42-31(32(36)39)30-26-12-9-10-13-29(26)43-38-30;1-3-4-5-6-7-8-9-10-11-14-17-26(2)24(29)28(25(30)32-26)21(19-27)23-18-20-15-12-13-16-22(20)31-23;1-4-5-6-7-8-9-10-11-12-15-18-31-25(30)24(21-19-26-33-27-21)32-23-17-14-13-16-22(23)28(3)20(2)29;1-12-3-6-15(7-4-12)26-17(18-20-22-23-21-18)19(25)24-10-9-14-11-13(2)5-8-16(14)24/h9-10,12-19,22,31H,7-8,11,20-21H2,1-6H3,(H2,36,39)(H,37,40);12-13,15-16,18,21H,3-11,14,17H2,1-2H3;13-14,16-17,19,24H,4-12,15,18H2,1-3H3;3-8,11,17H,9-10H2,1-2H3,(H,20,21,22,23). The van der Waals surface area contributed by atoms with Crippen molar-refractivity contribution in [1.82, 2.24) is 44.0 Å². The molecule has 0 bridgehead atoms. The summed E-state index contributed by atoms with van der Waals surface area (Å²) in [6.45, 7) is 27.2. The van der Waals surface area contributed by atoms with E-state index in [-0.39, 0.29) is 46.1 Å². The van der Waals surface area contributed by atoms with Gasteiger partial charge in [-0.15, -0.1) is 33.7 Å². The van der Waals surface area contributed by atoms with Crippen molar-refractivity contribution >= 4 is 121 Å². The van der Waals surface area contributed by atoms with E-state index in [9.17, 15) is 38.8 Å². The number of furan rings is 1. The Morgan fingerprint density at radius 3 is 1.98 bits per heavy atom. The van der Waals surface area contributed by atoms with E-state index in [1.165, 1.54) is 161 Å². The van der Waals surface area contributed by atoms with Crippen LogP contribution in [0.15, 0.2) is 184 Å². The molecule has 714 valence electrons. The molecule has 25 nitrogen and oxygen atoms in total. The monoisotopic (exact) mass is 1900 g/mol. The lowest BCUT2D eigenvalue weighted by Crippen LogP contribution is -2.40. The number of rotatable bonds is 47. The number of aryl methyl sites for hydroxylation is 2. The Morgan fingerprint density at radius 1 is 0.701 bits per heavy atom. The zero-order valence-electron chi connectivity index (χ0n) is 80.1. The molecule has 4 N–H and O–H groups in total. The summed E-state index contributed by atoms with van der Waals surface area (Å²) in [5, 5.41) is 27.2. The van der Waals surface area contributed by atoms with Gasteiger partial charge in [-0.3, -0.25) is 28.8 Å². The van der Waals surface area contributed by atoms with E-state index in [0.717, 1.165) is 116 Å². The van der Waals surface area contributed by atoms with Crippen LogP contribution in [0, 0.1) is 25.2 Å². The van der Waals surface area contributed by atoms with E-state index in [1.54, 1.807) is 54.2 Å². The molecule has 13 rings (SSSR count). The van der Waals surface area contributed by atoms with E-state index in [2.05, 4.69) is 119 Å². The number of anilines is 2. The molecular formula is C105H133N13O12S4. The van der Waals surface area contributed by atoms with Gasteiger partial charge < -0.3 is 44.2 Å². The maximum absolute atomic E-state index is 13.2. The van der Waals surface area contributed by atoms with Crippen LogP contribution in [0.4, 0.5) is 16.2 Å². The third kappa shape index (κ3) is 29.8. The number of carbonyl (C=O) groups is 7. The van der Waals surface area contributed by atoms with Crippen LogP contribution in [-0.2, 0) is 50.7 Å². The lowest BCUT2D eigenvalue weighted by molar-refractivity contribution is -0.143. The number of H-pyrrole nitrogens is 1. The van der Waals surface area contributed by atoms with Gasteiger partial charge >= 0.3 is 12.1 Å². The Bertz CT molecular complexity index is 5590. The van der Waals surface area contributed by atoms with Crippen LogP contribution in [0.25, 0.3) is 21.1 Å². The van der Waals surface area contributed by atoms with Crippen molar-refractivity contribution in [2.24, 2.45) is 5.73 Å². The van der Waals surface area contributed by atoms with Gasteiger partial charge in [-0.05, 0) is 178 Å². The molecule has 7 aromatic carbocycles. The number of hydrogen-bond donors (Lipinski definition) is 3. The maximum atomic E-state index is 13.2. The third-order valence-electron chi connectivity index (χ3n) is 24.7. The molecule has 29 heteroatoms. The van der Waals surface area contributed by atoms with Crippen LogP contribution in [0.3, 0.4) is 0 Å². The normalized spacial score (nSPS) is 14.4. The molecule has 0 spiro atoms. The first-order valence-electron chi connectivity index (χ1n) is 47.4. The van der Waals surface area contributed by atoms with Gasteiger partial charge in [0.15, 0.2) is 16.9 Å². The number of aromatic amines is 1. The molecule has 11 aromatic rings. The molecule has 6 heterocycles. The highest BCUT2D eigenvalue weighted by Crippen LogP contribution is 2.45. The van der Waals surface area contributed by atoms with Crippen molar-refractivity contribution in [2.75, 3.05) is 43.2 Å². The van der Waals surface area contributed by atoms with Crippen molar-refractivity contribution in [3.63, 3.8) is 0 Å². The van der Waals surface area contributed by atoms with Gasteiger partial charge in [0.2, 0.25) is 23.7 Å². The van der Waals surface area contributed by atoms with E-state index in [1.807, 2.05) is 135 Å². The first-order chi connectivity index (χ1) is 64.6. The fourth-order valence-corrected chi connectivity index (χ4v) is 19.2. The number of hydrogen-bond acceptors (Lipinski definition) is 23. The van der Waals surface area contributed by atoms with Crippen molar-refractivity contribution in [3.8, 4) is 17.6 Å². The summed E-state index contributed by atoms with van der Waals surface area (Å²) in [5.74, 6) is 0.341. The van der Waals surface area contributed by atoms with Crippen LogP contribution in [-0.4, -0.2) is 119 Å². The second-order valence-corrected chi connectivity index (χ2v) is 39.4. The SMILES string of the molecule is CCC(C)(C)c1ccc(OCCCNC(=O)c2ccc(SC(C(N)=O)c3nsc4ccccc34)cc2)c(C(C)(C)CC)c1.CCCCCCCCCCCCC1(C)OC(=O)N(C(C#N)c2cc3ccccc3o2)C1=O.CCCCCCCCCCCCOC(=O)C(Sc1ccccc1N(C)C(C)=O)c1cnsn1.Cc1ccc(OC(C(=O)N2CCc3cc(C)ccc32)c2nn[nH]n2)cc1. The number of carbonyl (C=O) groups excluding carboxylic acids is 7. The fourth-order valence-electron chi connectivity index (χ4n) is 15.7. The molecule has 5 unspecified atom stereocenters. The van der Waals surface area contributed by atoms with Gasteiger partial charge in [0.05, 0.1) is 59.0 Å². The Kier molecular flexibility index (Phi) is 41.1. The van der Waals surface area contributed by atoms with E-state index in [4.69, 9.17) is 29.1 Å². The topological polar surface area (TPSA) is 334 Å². The predicted octanol–water partition coefficient (Wildman–Crippen LogP) is 24.6. The Balaban J connectivity index is 0.000000188. The van der Waals surface area contributed by atoms with E-state index >= 15 is 0 Å². The number of amides is 6. The van der Waals surface area contributed by atoms with Crippen molar-refractivity contribution in [3.05, 3.63) is 226 Å². The van der Waals surface area contributed by atoms with Crippen LogP contribution >= 0.6 is 46.8 Å². The Labute approximate surface area is 806 Å². The molecule has 0 radical (unpaired) electrons. The minimum Gasteiger partial charge on any atom is -0.493 e. The third-order valence-corrected chi connectivity index (χ3v) is 28.6. The first kappa shape index (κ1) is 105. The molecule has 0 aliphatic carbocycles. The summed E-state index contributed by atoms with van der Waals surface area (Å²) in [4.78, 5) is 94.7. The summed E-state index contributed by atoms with van der Waals surface area (Å²) in [7, 11) is 1.73. The molecule has 6 amide bonds. The van der Waals surface area contributed by atoms with Crippen LogP contribution in [0.5, 0.6) is 11.5 Å². The zero-order valence-corrected chi connectivity index (χ0v) is 83.3. The maximum Gasteiger partial charge on any atom is 0.419 e. The second-order valence-electron chi connectivity index (χ2n) is 35.7. The number of benzene rings is 7. The average molecular weight is 1900 g/mol. The number of thioether (sulfide) groups is 2. The molecule has 1 saturated heterocycles. The number of nitrogens with one attached hydrogen (secondary N) is 2. The van der Waals surface area contributed by atoms with Gasteiger partial charge in [-0.2, -0.15) is 23.6 Å². The van der Waals surface area contributed by atoms with Gasteiger partial charge in [-0.25, -0.2) is 9.69 Å². The van der Waals surface area contributed by atoms with Crippen molar-refractivity contribution < 1.29 is 56.9 Å². The number of esters is 1. The number of ether oxygens (including phenoxy) is 4. The number of nitrogens with two attached hydrogens (primary N) is 1. The number of cyclic esters (lactones) is 1. The summed E-state index contributed by atoms with van der Waals surface area (Å²) < 4.78 is 42.9. The number of para-hydroxylation sites is 2. The summed E-state index contributed by atoms with van der Waals surface area (Å²) in [6, 6.07) is 52.7. The summed E-state index contributed by atoms with van der Waals surface area (Å²) in [6.07, 6.45) is 28.2. The van der Waals surface area contributed by atoms with Gasteiger partial charge in [0.1, 0.15) is 28.1 Å². The predicted molar refractivity (Wildman–Crippen MR) is 535 cm³/mol. The van der Waals surface area contributed by atoms with Crippen LogP contribution in [0.2, 0.25) is 0 Å². The highest BCUT2D eigenvalue weighted by atomic mass is 32.2. The van der Waals surface area contributed by atoms with Crippen molar-refractivity contribution in [1.29, 1.82) is 5.26 Å². The Morgan fingerprint density at radius 2 is 1.34 bits per heavy atom. The molecule has 2 aliphatic rings. The fraction of sp³-hybridized carbons (Fsp3) is 0.467. The highest BCUT2D eigenvalue weighted by molar-refractivity contribution is 8.00. The molecule has 1 fully saturated rings. The van der Waals surface area contributed by atoms with Gasteiger partial charge in [0.25, 0.3) is 17.7 Å².